The molecule has 9 rings (SSSR count). The van der Waals surface area contributed by atoms with Crippen LogP contribution in [0.3, 0.4) is 0 Å². The third kappa shape index (κ3) is 16.1. The van der Waals surface area contributed by atoms with Crippen molar-refractivity contribution in [1.82, 2.24) is 0 Å². The normalized spacial score (nSPS) is 10.1. The predicted octanol–water partition coefficient (Wildman–Crippen LogP) is 18.0. The van der Waals surface area contributed by atoms with Crippen molar-refractivity contribution in [2.75, 3.05) is 0 Å². The number of cyclic esters (lactones) is 1. The number of aryl methyl sites for hydroxylation is 3. The number of phenolic OH excluding ortho intramolecular Hbond substituents is 1. The van der Waals surface area contributed by atoms with Gasteiger partial charge in [-0.2, -0.15) is 14.9 Å². The first-order chi connectivity index (χ1) is 25.8. The Balaban J connectivity index is -0.0000000877. The molecule has 0 fully saturated rings. The summed E-state index contributed by atoms with van der Waals surface area (Å²) in [7, 11) is 0. The van der Waals surface area contributed by atoms with Crippen LogP contribution in [0, 0.1) is 32.1 Å². The number of nitrogens with zero attached hydrogens (tertiary/aromatic N) is 1. The van der Waals surface area contributed by atoms with E-state index in [0.29, 0.717) is 42.7 Å². The molecule has 0 radical (unpaired) electrons. The number of hydrogen-bond acceptors (Lipinski definition) is 12. The first-order valence-electron chi connectivity index (χ1n) is 15.7. The summed E-state index contributed by atoms with van der Waals surface area (Å²) in [6.07, 6.45) is -0.469. The van der Waals surface area contributed by atoms with Crippen LogP contribution in [-0.2, 0) is 14.3 Å². The molecule has 0 spiro atoms. The number of phenols is 1. The lowest BCUT2D eigenvalue weighted by atomic mass is 9.95. The van der Waals surface area contributed by atoms with E-state index in [4.69, 9.17) is 32.8 Å². The largest absolute Gasteiger partial charge is 0.506 e. The topological polar surface area (TPSA) is 195 Å². The number of fused-ring (bicyclic) bond motifs is 4. The highest BCUT2D eigenvalue weighted by Gasteiger charge is 2.32. The van der Waals surface area contributed by atoms with Crippen LogP contribution in [-0.4, -0.2) is 17.2 Å². The van der Waals surface area contributed by atoms with Crippen molar-refractivity contribution in [3.8, 4) is 11.8 Å². The monoisotopic (exact) mass is 1090 g/mol. The molecular formula is C55H83Br2NO11. The maximum Gasteiger partial charge on any atom is 0.373 e. The number of hydrogen-bond donors (Lipinski definition) is 1. The van der Waals surface area contributed by atoms with Crippen molar-refractivity contribution >= 4 is 98.4 Å². The van der Waals surface area contributed by atoms with Crippen molar-refractivity contribution in [2.45, 2.75) is 138 Å². The van der Waals surface area contributed by atoms with Crippen LogP contribution in [0.25, 0.3) is 54.5 Å². The molecule has 1 atom stereocenters. The second-order valence-corrected chi connectivity index (χ2v) is 13.8. The minimum atomic E-state index is -0.719. The Hall–Kier alpha value is -6.39. The van der Waals surface area contributed by atoms with Crippen molar-refractivity contribution < 1.29 is 37.5 Å². The van der Waals surface area contributed by atoms with E-state index in [2.05, 4.69) is 31.9 Å². The summed E-state index contributed by atoms with van der Waals surface area (Å²) < 4.78 is 22.4. The summed E-state index contributed by atoms with van der Waals surface area (Å²) in [5.74, 6) is -0.565. The van der Waals surface area contributed by atoms with Crippen LogP contribution in [0.4, 0.5) is 0 Å². The van der Waals surface area contributed by atoms with Crippen molar-refractivity contribution in [3.63, 3.8) is 0 Å². The maximum atomic E-state index is 12.6. The molecule has 0 saturated heterocycles. The fourth-order valence-corrected chi connectivity index (χ4v) is 7.41. The number of nitriles is 1. The Labute approximate surface area is 429 Å². The van der Waals surface area contributed by atoms with Crippen molar-refractivity contribution in [3.05, 3.63) is 141 Å². The molecule has 5 aromatic carbocycles. The molecule has 3 aromatic heterocycles. The summed E-state index contributed by atoms with van der Waals surface area (Å²) in [6.45, 7) is 5.70. The molecule has 12 nitrogen and oxygen atoms in total. The fraction of sp³-hybridized carbons (Fsp3) is 0.345. The van der Waals surface area contributed by atoms with Gasteiger partial charge in [0.05, 0.1) is 10.9 Å². The van der Waals surface area contributed by atoms with E-state index in [1.165, 1.54) is 6.07 Å². The summed E-state index contributed by atoms with van der Waals surface area (Å²) >= 11 is 6.65. The van der Waals surface area contributed by atoms with E-state index in [9.17, 15) is 24.3 Å². The zero-order valence-electron chi connectivity index (χ0n) is 28.2. The average Bonchev–Trinajstić information content (AvgIpc) is 3.46. The molecule has 0 saturated carbocycles. The predicted molar refractivity (Wildman–Crippen MR) is 305 cm³/mol. The number of aromatic hydroxyl groups is 1. The molecule has 8 aromatic rings. The first-order valence-corrected chi connectivity index (χ1v) is 17.3. The van der Waals surface area contributed by atoms with E-state index in [-0.39, 0.29) is 145 Å². The van der Waals surface area contributed by atoms with Crippen molar-refractivity contribution in [1.29, 1.82) is 5.26 Å². The third-order valence-electron chi connectivity index (χ3n) is 8.67. The Morgan fingerprint density at radius 3 is 1.62 bits per heavy atom. The minimum Gasteiger partial charge on any atom is -0.506 e. The van der Waals surface area contributed by atoms with Crippen LogP contribution >= 0.6 is 31.9 Å². The quantitative estimate of drug-likeness (QED) is 0.0654. The van der Waals surface area contributed by atoms with E-state index in [1.54, 1.807) is 48.5 Å². The molecule has 4 heterocycles. The van der Waals surface area contributed by atoms with Crippen LogP contribution < -0.4 is 16.9 Å². The highest BCUT2D eigenvalue weighted by atomic mass is 79.9. The van der Waals surface area contributed by atoms with E-state index in [1.807, 2.05) is 45.0 Å². The summed E-state index contributed by atoms with van der Waals surface area (Å²) in [4.78, 5) is 63.5. The lowest BCUT2D eigenvalue weighted by Gasteiger charge is -2.13. The zero-order valence-corrected chi connectivity index (χ0v) is 31.4. The summed E-state index contributed by atoms with van der Waals surface area (Å²) in [6, 6.07) is 22.8. The van der Waals surface area contributed by atoms with E-state index < -0.39 is 23.3 Å². The lowest BCUT2D eigenvalue weighted by molar-refractivity contribution is -0.191. The molecule has 1 aliphatic heterocycles. The zero-order chi connectivity index (χ0) is 39.0. The molecule has 0 amide bonds. The number of rotatable bonds is 0. The van der Waals surface area contributed by atoms with E-state index >= 15 is 0 Å². The Bertz CT molecular complexity index is 3080. The van der Waals surface area contributed by atoms with Crippen LogP contribution in [0.5, 0.6) is 5.75 Å². The molecule has 69 heavy (non-hydrogen) atoms. The Morgan fingerprint density at radius 2 is 1.06 bits per heavy atom. The van der Waals surface area contributed by atoms with Gasteiger partial charge in [-0.15, -0.1) is 0 Å². The molecule has 388 valence electrons. The molecular weight excluding hydrogens is 1010 g/mol. The standard InChI is InChI=1S/C19H9BrO5.C10H7BrO2.C10H7NO2.CO2.15CH4/c1-7-3-2-4-9-12(7)17-14-13-10(18(22)25-17)5-8(20)6-11(13)24-19(23)15(14)16(9)21;1-6-4-7(11)5-9-8(6)2-3-10(12)13-9;1-6-3-2-4-7-9(6)8(5-11)13-10(7)12;2-1-3;;;;;;;;;;;;;;;/h2-6,21H,1H3;2-5H,1H3;2-4,8H,1H3;;15*1H4. The number of carbonyl (C=O) groups excluding carboxylic acids is 3. The van der Waals surface area contributed by atoms with Gasteiger partial charge < -0.3 is 23.1 Å². The first kappa shape index (κ1) is 85.9. The number of esters is 1. The van der Waals surface area contributed by atoms with Crippen LogP contribution in [0.15, 0.2) is 109 Å². The molecule has 1 N–H and O–H groups in total. The van der Waals surface area contributed by atoms with Gasteiger partial charge in [-0.05, 0) is 73.9 Å². The number of benzene rings is 5. The average molecular weight is 1090 g/mol. The second kappa shape index (κ2) is 34.8. The lowest BCUT2D eigenvalue weighted by Crippen LogP contribution is -2.07. The van der Waals surface area contributed by atoms with Crippen molar-refractivity contribution in [2.24, 2.45) is 0 Å². The van der Waals surface area contributed by atoms with Gasteiger partial charge in [0.2, 0.25) is 6.10 Å². The number of ether oxygens (including phenoxy) is 1. The smallest absolute Gasteiger partial charge is 0.373 e. The fourth-order valence-electron chi connectivity index (χ4n) is 6.42. The summed E-state index contributed by atoms with van der Waals surface area (Å²) in [5, 5.41) is 22.7. The van der Waals surface area contributed by atoms with Gasteiger partial charge in [-0.3, -0.25) is 0 Å². The Kier molecular flexibility index (Phi) is 43.3. The molecule has 14 heteroatoms. The minimum absolute atomic E-state index is 0. The van der Waals surface area contributed by atoms with Gasteiger partial charge in [0, 0.05) is 47.5 Å². The van der Waals surface area contributed by atoms with Gasteiger partial charge in [-0.25, -0.2) is 19.2 Å². The van der Waals surface area contributed by atoms with Gasteiger partial charge in [0.25, 0.3) is 0 Å². The number of halogens is 2. The highest BCUT2D eigenvalue weighted by Crippen LogP contribution is 2.42. The number of carbonyl (C=O) groups is 1. The second-order valence-electron chi connectivity index (χ2n) is 12.0. The molecule has 0 bridgehead atoms. The maximum absolute atomic E-state index is 12.6. The van der Waals surface area contributed by atoms with Gasteiger partial charge in [0.1, 0.15) is 34.0 Å². The van der Waals surface area contributed by atoms with Gasteiger partial charge in [0.15, 0.2) is 0 Å². The van der Waals surface area contributed by atoms with Crippen LogP contribution in [0.1, 0.15) is 150 Å². The van der Waals surface area contributed by atoms with Gasteiger partial charge in [-0.1, -0.05) is 174 Å². The van der Waals surface area contributed by atoms with Crippen LogP contribution in [0.2, 0.25) is 0 Å². The SMILES string of the molecule is C.C.C.C.C.C.C.C.C.C.C.C.C.C.C.Cc1cc(Br)cc2oc(=O)ccc12.Cc1cccc2c(O)c3c(=O)oc4cc(Br)cc5c(=O)oc(c12)c3c45.Cc1cccc2c1C(C#N)OC2=O.O=C=O. The molecule has 1 unspecified atom stereocenters. The van der Waals surface area contributed by atoms with E-state index in [0.717, 1.165) is 32.1 Å². The summed E-state index contributed by atoms with van der Waals surface area (Å²) in [5.41, 5.74) is 3.76. The van der Waals surface area contributed by atoms with Gasteiger partial charge >= 0.3 is 29.0 Å². The highest BCUT2D eigenvalue weighted by molar-refractivity contribution is 9.10. The molecule has 0 aliphatic carbocycles. The Morgan fingerprint density at radius 1 is 0.536 bits per heavy atom. The third-order valence-corrected chi connectivity index (χ3v) is 9.58. The molecule has 1 aliphatic rings.